The van der Waals surface area contributed by atoms with Gasteiger partial charge in [0, 0.05) is 0 Å². The van der Waals surface area contributed by atoms with Gasteiger partial charge in [-0.3, -0.25) is 4.79 Å². The molecule has 0 heterocycles. The Morgan fingerprint density at radius 1 is 1.17 bits per heavy atom. The number of rotatable bonds is 5. The largest absolute Gasteiger partial charge is 0.504 e. The van der Waals surface area contributed by atoms with Crippen LogP contribution in [0.2, 0.25) is 5.02 Å². The van der Waals surface area contributed by atoms with Crippen LogP contribution in [0.25, 0.3) is 0 Å². The molecule has 0 radical (unpaired) electrons. The third-order valence-corrected chi connectivity index (χ3v) is 3.55. The molecule has 0 aliphatic heterocycles. The van der Waals surface area contributed by atoms with Crippen molar-refractivity contribution in [3.8, 4) is 11.5 Å². The van der Waals surface area contributed by atoms with E-state index in [0.29, 0.717) is 10.7 Å². The first-order valence-corrected chi connectivity index (χ1v) is 7.44. The van der Waals surface area contributed by atoms with Gasteiger partial charge < -0.3 is 19.9 Å². The predicted molar refractivity (Wildman–Crippen MR) is 89.6 cm³/mol. The van der Waals surface area contributed by atoms with Gasteiger partial charge in [-0.2, -0.15) is 0 Å². The molecule has 1 amide bonds. The number of methoxy groups -OCH3 is 1. The van der Waals surface area contributed by atoms with Gasteiger partial charge >= 0.3 is 5.97 Å². The van der Waals surface area contributed by atoms with Gasteiger partial charge in [0.15, 0.2) is 17.6 Å². The minimum absolute atomic E-state index is 0.0910. The molecule has 0 spiro atoms. The van der Waals surface area contributed by atoms with Crippen LogP contribution >= 0.6 is 11.6 Å². The summed E-state index contributed by atoms with van der Waals surface area (Å²) in [7, 11) is 1.36. The van der Waals surface area contributed by atoms with Crippen LogP contribution in [0.3, 0.4) is 0 Å². The average Bonchev–Trinajstić information content (AvgIpc) is 2.56. The zero-order valence-corrected chi connectivity index (χ0v) is 13.8. The second-order valence-corrected chi connectivity index (χ2v) is 5.28. The first-order valence-electron chi connectivity index (χ1n) is 7.06. The molecule has 0 aliphatic carbocycles. The maximum atomic E-state index is 12.1. The summed E-state index contributed by atoms with van der Waals surface area (Å²) >= 11 is 5.96. The van der Waals surface area contributed by atoms with Gasteiger partial charge in [0.05, 0.1) is 17.8 Å². The summed E-state index contributed by atoms with van der Waals surface area (Å²) in [6, 6.07) is 11.1. The number of nitrogens with one attached hydrogen (secondary N) is 1. The Labute approximate surface area is 144 Å². The van der Waals surface area contributed by atoms with E-state index in [2.05, 4.69) is 5.32 Å². The second-order valence-electron chi connectivity index (χ2n) is 4.87. The van der Waals surface area contributed by atoms with Crippen molar-refractivity contribution in [3.63, 3.8) is 0 Å². The molecule has 24 heavy (non-hydrogen) atoms. The quantitative estimate of drug-likeness (QED) is 0.809. The molecule has 2 aromatic rings. The van der Waals surface area contributed by atoms with E-state index in [1.54, 1.807) is 24.3 Å². The molecule has 0 saturated heterocycles. The molecule has 0 aliphatic rings. The van der Waals surface area contributed by atoms with Crippen LogP contribution in [0.5, 0.6) is 11.5 Å². The molecule has 2 aromatic carbocycles. The number of carbonyl (C=O) groups is 2. The van der Waals surface area contributed by atoms with Crippen molar-refractivity contribution in [2.75, 3.05) is 12.4 Å². The zero-order valence-electron chi connectivity index (χ0n) is 13.1. The van der Waals surface area contributed by atoms with Gasteiger partial charge in [0.25, 0.3) is 5.91 Å². The van der Waals surface area contributed by atoms with Crippen molar-refractivity contribution in [3.05, 3.63) is 53.1 Å². The van der Waals surface area contributed by atoms with E-state index in [4.69, 9.17) is 21.1 Å². The first kappa shape index (κ1) is 17.6. The Hall–Kier alpha value is -2.73. The third kappa shape index (κ3) is 3.97. The SMILES string of the molecule is COc1cccc(C(=O)OC(C)C(=O)Nc2ccccc2Cl)c1O. The Morgan fingerprint density at radius 3 is 2.54 bits per heavy atom. The molecule has 0 aromatic heterocycles. The molecule has 2 N–H and O–H groups in total. The number of hydrogen-bond acceptors (Lipinski definition) is 5. The summed E-state index contributed by atoms with van der Waals surface area (Å²) in [5, 5.41) is 12.9. The number of halogens is 1. The fraction of sp³-hybridized carbons (Fsp3) is 0.176. The molecule has 6 nitrogen and oxygen atoms in total. The summed E-state index contributed by atoms with van der Waals surface area (Å²) in [4.78, 5) is 24.2. The van der Waals surface area contributed by atoms with E-state index in [1.165, 1.54) is 32.2 Å². The van der Waals surface area contributed by atoms with Crippen molar-refractivity contribution in [1.29, 1.82) is 0 Å². The lowest BCUT2D eigenvalue weighted by Crippen LogP contribution is -2.30. The third-order valence-electron chi connectivity index (χ3n) is 3.22. The fourth-order valence-corrected chi connectivity index (χ4v) is 2.11. The Balaban J connectivity index is 2.06. The smallest absolute Gasteiger partial charge is 0.342 e. The number of benzene rings is 2. The average molecular weight is 350 g/mol. The topological polar surface area (TPSA) is 84.9 Å². The molecule has 0 fully saturated rings. The molecule has 2 rings (SSSR count). The lowest BCUT2D eigenvalue weighted by molar-refractivity contribution is -0.123. The van der Waals surface area contributed by atoms with E-state index in [0.717, 1.165) is 0 Å². The Bertz CT molecular complexity index is 762. The number of phenolic OH excluding ortho intramolecular Hbond substituents is 1. The number of amides is 1. The number of para-hydroxylation sites is 2. The number of ether oxygens (including phenoxy) is 2. The minimum atomic E-state index is -1.08. The lowest BCUT2D eigenvalue weighted by Gasteiger charge is -2.15. The van der Waals surface area contributed by atoms with Crippen molar-refractivity contribution in [2.24, 2.45) is 0 Å². The highest BCUT2D eigenvalue weighted by Gasteiger charge is 2.22. The predicted octanol–water partition coefficient (Wildman–Crippen LogP) is 3.24. The molecule has 1 atom stereocenters. The Morgan fingerprint density at radius 2 is 1.88 bits per heavy atom. The van der Waals surface area contributed by atoms with Crippen molar-refractivity contribution >= 4 is 29.2 Å². The first-order chi connectivity index (χ1) is 11.4. The number of aromatic hydroxyl groups is 1. The molecule has 7 heteroatoms. The number of esters is 1. The van der Waals surface area contributed by atoms with E-state index in [1.807, 2.05) is 0 Å². The van der Waals surface area contributed by atoms with Gasteiger partial charge in [-0.15, -0.1) is 0 Å². The second kappa shape index (κ2) is 7.70. The molecule has 0 saturated carbocycles. The summed E-state index contributed by atoms with van der Waals surface area (Å²) in [6.45, 7) is 1.42. The molecular weight excluding hydrogens is 334 g/mol. The molecule has 1 unspecified atom stereocenters. The summed E-state index contributed by atoms with van der Waals surface area (Å²) < 4.78 is 10.0. The van der Waals surface area contributed by atoms with Gasteiger partial charge in [-0.25, -0.2) is 4.79 Å². The number of carbonyl (C=O) groups excluding carboxylic acids is 2. The maximum Gasteiger partial charge on any atom is 0.342 e. The molecule has 0 bridgehead atoms. The molecular formula is C17H16ClNO5. The minimum Gasteiger partial charge on any atom is -0.504 e. The Kier molecular flexibility index (Phi) is 5.65. The van der Waals surface area contributed by atoms with Crippen LogP contribution in [-0.2, 0) is 9.53 Å². The van der Waals surface area contributed by atoms with Crippen LogP contribution in [-0.4, -0.2) is 30.2 Å². The fourth-order valence-electron chi connectivity index (χ4n) is 1.93. The van der Waals surface area contributed by atoms with Crippen LogP contribution in [0.4, 0.5) is 5.69 Å². The number of anilines is 1. The number of phenols is 1. The van der Waals surface area contributed by atoms with E-state index in [9.17, 15) is 14.7 Å². The molecule has 126 valence electrons. The number of hydrogen-bond donors (Lipinski definition) is 2. The zero-order chi connectivity index (χ0) is 17.7. The summed E-state index contributed by atoms with van der Waals surface area (Å²) in [6.07, 6.45) is -1.08. The van der Waals surface area contributed by atoms with Crippen LogP contribution in [0.15, 0.2) is 42.5 Å². The lowest BCUT2D eigenvalue weighted by atomic mass is 10.2. The highest BCUT2D eigenvalue weighted by atomic mass is 35.5. The van der Waals surface area contributed by atoms with Crippen molar-refractivity contribution < 1.29 is 24.2 Å². The van der Waals surface area contributed by atoms with Crippen LogP contribution < -0.4 is 10.1 Å². The normalized spacial score (nSPS) is 11.5. The van der Waals surface area contributed by atoms with Gasteiger partial charge in [-0.1, -0.05) is 29.8 Å². The highest BCUT2D eigenvalue weighted by molar-refractivity contribution is 6.33. The van der Waals surface area contributed by atoms with Crippen molar-refractivity contribution in [2.45, 2.75) is 13.0 Å². The van der Waals surface area contributed by atoms with Crippen molar-refractivity contribution in [1.82, 2.24) is 0 Å². The van der Waals surface area contributed by atoms with Gasteiger partial charge in [-0.05, 0) is 31.2 Å². The van der Waals surface area contributed by atoms with E-state index < -0.39 is 18.0 Å². The van der Waals surface area contributed by atoms with Gasteiger partial charge in [0.2, 0.25) is 0 Å². The van der Waals surface area contributed by atoms with Crippen LogP contribution in [0.1, 0.15) is 17.3 Å². The van der Waals surface area contributed by atoms with Gasteiger partial charge in [0.1, 0.15) is 5.56 Å². The maximum absolute atomic E-state index is 12.1. The van der Waals surface area contributed by atoms with E-state index in [-0.39, 0.29) is 17.1 Å². The van der Waals surface area contributed by atoms with E-state index >= 15 is 0 Å². The standard InChI is InChI=1S/C17H16ClNO5/c1-10(16(21)19-13-8-4-3-7-12(13)18)24-17(22)11-6-5-9-14(23-2)15(11)20/h3-10,20H,1-2H3,(H,19,21). The highest BCUT2D eigenvalue weighted by Crippen LogP contribution is 2.30. The summed E-state index contributed by atoms with van der Waals surface area (Å²) in [5.74, 6) is -1.59. The summed E-state index contributed by atoms with van der Waals surface area (Å²) in [5.41, 5.74) is 0.322. The van der Waals surface area contributed by atoms with Crippen LogP contribution in [0, 0.1) is 0 Å². The monoisotopic (exact) mass is 349 g/mol.